The molecule has 23 heavy (non-hydrogen) atoms. The van der Waals surface area contributed by atoms with Crippen molar-refractivity contribution in [3.8, 4) is 0 Å². The van der Waals surface area contributed by atoms with Crippen molar-refractivity contribution in [2.45, 2.75) is 18.4 Å². The fourth-order valence-corrected chi connectivity index (χ4v) is 2.96. The molecule has 0 aromatic heterocycles. The Hall–Kier alpha value is -2.39. The van der Waals surface area contributed by atoms with Crippen LogP contribution in [0.2, 0.25) is 0 Å². The van der Waals surface area contributed by atoms with Crippen molar-refractivity contribution in [3.63, 3.8) is 0 Å². The molecule has 2 aromatic rings. The van der Waals surface area contributed by atoms with E-state index in [1.807, 2.05) is 60.7 Å². The molecular weight excluding hydrogens is 300 g/mol. The molecule has 3 heteroatoms. The van der Waals surface area contributed by atoms with E-state index in [0.717, 1.165) is 24.1 Å². The number of hydrogen-bond acceptors (Lipinski definition) is 1. The summed E-state index contributed by atoms with van der Waals surface area (Å²) in [4.78, 5) is 0. The van der Waals surface area contributed by atoms with Crippen LogP contribution in [-0.4, -0.2) is 5.11 Å². The number of thiocarbonyl (C=S) groups is 1. The molecule has 0 unspecified atom stereocenters. The highest BCUT2D eigenvalue weighted by Crippen LogP contribution is 2.30. The van der Waals surface area contributed by atoms with E-state index in [4.69, 9.17) is 12.2 Å². The molecule has 2 aromatic carbocycles. The van der Waals surface area contributed by atoms with Crippen molar-refractivity contribution in [2.24, 2.45) is 0 Å². The van der Waals surface area contributed by atoms with E-state index in [9.17, 15) is 0 Å². The average molecular weight is 322 g/mol. The van der Waals surface area contributed by atoms with Crippen molar-refractivity contribution >= 4 is 23.0 Å². The van der Waals surface area contributed by atoms with Gasteiger partial charge in [-0.3, -0.25) is 0 Å². The van der Waals surface area contributed by atoms with Gasteiger partial charge < -0.3 is 10.6 Å². The topological polar surface area (TPSA) is 24.1 Å². The van der Waals surface area contributed by atoms with Gasteiger partial charge in [-0.25, -0.2) is 0 Å². The molecule has 0 spiro atoms. The minimum atomic E-state index is -0.344. The molecule has 0 saturated heterocycles. The third-order valence-electron chi connectivity index (χ3n) is 3.70. The third kappa shape index (κ3) is 4.54. The number of anilines is 1. The summed E-state index contributed by atoms with van der Waals surface area (Å²) >= 11 is 5.52. The molecule has 0 aliphatic carbocycles. The molecule has 0 atom stereocenters. The van der Waals surface area contributed by atoms with Crippen LogP contribution in [0.3, 0.4) is 0 Å². The van der Waals surface area contributed by atoms with Gasteiger partial charge in [0, 0.05) is 5.69 Å². The highest BCUT2D eigenvalue weighted by atomic mass is 32.1. The zero-order valence-electron chi connectivity index (χ0n) is 13.2. The first-order valence-electron chi connectivity index (χ1n) is 7.62. The van der Waals surface area contributed by atoms with E-state index in [-0.39, 0.29) is 5.54 Å². The third-order valence-corrected chi connectivity index (χ3v) is 3.90. The molecule has 0 amide bonds. The summed E-state index contributed by atoms with van der Waals surface area (Å²) in [7, 11) is 0. The maximum Gasteiger partial charge on any atom is 0.171 e. The Kier molecular flexibility index (Phi) is 6.12. The summed E-state index contributed by atoms with van der Waals surface area (Å²) in [5.74, 6) is 0. The Morgan fingerprint density at radius 3 is 1.96 bits per heavy atom. The second kappa shape index (κ2) is 8.30. The fourth-order valence-electron chi connectivity index (χ4n) is 2.64. The SMILES string of the molecule is C=CCC(CC=C)(NC(=S)Nc1ccccc1)c1ccccc1. The number of hydrogen-bond donors (Lipinski definition) is 2. The van der Waals surface area contributed by atoms with Gasteiger partial charge in [-0.15, -0.1) is 13.2 Å². The molecule has 0 aliphatic rings. The molecule has 2 N–H and O–H groups in total. The monoisotopic (exact) mass is 322 g/mol. The summed E-state index contributed by atoms with van der Waals surface area (Å²) in [5.41, 5.74) is 1.78. The molecule has 2 nitrogen and oxygen atoms in total. The lowest BCUT2D eigenvalue weighted by Gasteiger charge is -2.35. The zero-order chi connectivity index (χ0) is 16.5. The van der Waals surface area contributed by atoms with E-state index in [1.165, 1.54) is 0 Å². The van der Waals surface area contributed by atoms with E-state index < -0.39 is 0 Å². The summed E-state index contributed by atoms with van der Waals surface area (Å²) in [6.07, 6.45) is 5.32. The van der Waals surface area contributed by atoms with E-state index in [0.29, 0.717) is 5.11 Å². The van der Waals surface area contributed by atoms with E-state index in [1.54, 1.807) is 0 Å². The van der Waals surface area contributed by atoms with Gasteiger partial charge in [-0.05, 0) is 42.8 Å². The lowest BCUT2D eigenvalue weighted by atomic mass is 9.83. The Bertz CT molecular complexity index is 640. The lowest BCUT2D eigenvalue weighted by Crippen LogP contribution is -2.47. The van der Waals surface area contributed by atoms with Gasteiger partial charge in [-0.2, -0.15) is 0 Å². The molecule has 0 radical (unpaired) electrons. The zero-order valence-corrected chi connectivity index (χ0v) is 14.0. The van der Waals surface area contributed by atoms with Crippen LogP contribution < -0.4 is 10.6 Å². The minimum absolute atomic E-state index is 0.344. The number of benzene rings is 2. The van der Waals surface area contributed by atoms with E-state index >= 15 is 0 Å². The first-order valence-corrected chi connectivity index (χ1v) is 8.02. The van der Waals surface area contributed by atoms with Crippen LogP contribution in [0.5, 0.6) is 0 Å². The van der Waals surface area contributed by atoms with Gasteiger partial charge in [0.1, 0.15) is 0 Å². The Balaban J connectivity index is 2.24. The molecule has 0 aliphatic heterocycles. The van der Waals surface area contributed by atoms with Gasteiger partial charge in [0.15, 0.2) is 5.11 Å². The average Bonchev–Trinajstić information content (AvgIpc) is 2.57. The quantitative estimate of drug-likeness (QED) is 0.553. The number of rotatable bonds is 7. The van der Waals surface area contributed by atoms with Crippen molar-refractivity contribution in [1.82, 2.24) is 5.32 Å². The Labute approximate surface area is 143 Å². The highest BCUT2D eigenvalue weighted by Gasteiger charge is 2.30. The first kappa shape index (κ1) is 17.0. The van der Waals surface area contributed by atoms with Crippen LogP contribution in [0.1, 0.15) is 18.4 Å². The molecular formula is C20H22N2S. The molecule has 0 fully saturated rings. The van der Waals surface area contributed by atoms with E-state index in [2.05, 4.69) is 35.9 Å². The molecule has 0 bridgehead atoms. The van der Waals surface area contributed by atoms with Gasteiger partial charge in [0.2, 0.25) is 0 Å². The normalized spacial score (nSPS) is 10.6. The maximum atomic E-state index is 5.52. The molecule has 0 saturated carbocycles. The first-order chi connectivity index (χ1) is 11.2. The van der Waals surface area contributed by atoms with Crippen LogP contribution in [-0.2, 0) is 5.54 Å². The van der Waals surface area contributed by atoms with Gasteiger partial charge in [-0.1, -0.05) is 60.7 Å². The highest BCUT2D eigenvalue weighted by molar-refractivity contribution is 7.80. The van der Waals surface area contributed by atoms with Crippen LogP contribution in [0.4, 0.5) is 5.69 Å². The summed E-state index contributed by atoms with van der Waals surface area (Å²) < 4.78 is 0. The number of nitrogens with one attached hydrogen (secondary N) is 2. The maximum absolute atomic E-state index is 5.52. The van der Waals surface area contributed by atoms with Crippen LogP contribution in [0.15, 0.2) is 86.0 Å². The van der Waals surface area contributed by atoms with Crippen molar-refractivity contribution < 1.29 is 0 Å². The second-order valence-electron chi connectivity index (χ2n) is 5.38. The van der Waals surface area contributed by atoms with Gasteiger partial charge in [0.05, 0.1) is 5.54 Å². The fraction of sp³-hybridized carbons (Fsp3) is 0.150. The van der Waals surface area contributed by atoms with Crippen LogP contribution in [0, 0.1) is 0 Å². The van der Waals surface area contributed by atoms with Gasteiger partial charge in [0.25, 0.3) is 0 Å². The summed E-state index contributed by atoms with van der Waals surface area (Å²) in [5, 5.41) is 7.30. The second-order valence-corrected chi connectivity index (χ2v) is 5.79. The van der Waals surface area contributed by atoms with Gasteiger partial charge >= 0.3 is 0 Å². The molecule has 2 rings (SSSR count). The largest absolute Gasteiger partial charge is 0.352 e. The summed E-state index contributed by atoms with van der Waals surface area (Å²) in [6.45, 7) is 7.81. The minimum Gasteiger partial charge on any atom is -0.352 e. The van der Waals surface area contributed by atoms with Crippen molar-refractivity contribution in [3.05, 3.63) is 91.5 Å². The summed E-state index contributed by atoms with van der Waals surface area (Å²) in [6, 6.07) is 20.2. The van der Waals surface area contributed by atoms with Crippen molar-refractivity contribution in [2.75, 3.05) is 5.32 Å². The van der Waals surface area contributed by atoms with Crippen molar-refractivity contribution in [1.29, 1.82) is 0 Å². The molecule has 0 heterocycles. The Morgan fingerprint density at radius 1 is 0.913 bits per heavy atom. The predicted molar refractivity (Wildman–Crippen MR) is 104 cm³/mol. The lowest BCUT2D eigenvalue weighted by molar-refractivity contribution is 0.404. The smallest absolute Gasteiger partial charge is 0.171 e. The Morgan fingerprint density at radius 2 is 1.43 bits per heavy atom. The standard InChI is InChI=1S/C20H22N2S/c1-3-15-20(16-4-2,17-11-7-5-8-12-17)22-19(23)21-18-13-9-6-10-14-18/h3-14H,1-2,15-16H2,(H2,21,22,23). The number of para-hydroxylation sites is 1. The van der Waals surface area contributed by atoms with Crippen LogP contribution >= 0.6 is 12.2 Å². The van der Waals surface area contributed by atoms with Crippen LogP contribution in [0.25, 0.3) is 0 Å². The molecule has 118 valence electrons. The predicted octanol–water partition coefficient (Wildman–Crippen LogP) is 5.02.